The van der Waals surface area contributed by atoms with Crippen LogP contribution >= 0.6 is 0 Å². The first-order chi connectivity index (χ1) is 18.0. The Kier molecular flexibility index (Phi) is 9.58. The van der Waals surface area contributed by atoms with Crippen LogP contribution in [0.25, 0.3) is 10.8 Å². The van der Waals surface area contributed by atoms with Crippen molar-refractivity contribution >= 4 is 10.8 Å². The molecule has 0 aliphatic rings. The van der Waals surface area contributed by atoms with Gasteiger partial charge in [-0.05, 0) is 78.4 Å². The molecule has 0 amide bonds. The van der Waals surface area contributed by atoms with Crippen molar-refractivity contribution < 1.29 is 17.9 Å². The normalized spacial score (nSPS) is 11.2. The van der Waals surface area contributed by atoms with Crippen LogP contribution in [0.1, 0.15) is 61.4 Å². The summed E-state index contributed by atoms with van der Waals surface area (Å²) in [5.41, 5.74) is 3.33. The SMILES string of the molecule is CCCCCCCOc1ccc(CCc2ccc3c(F)c(CCc4ccc(F)c(F)c4)ccc3c2)nc1. The van der Waals surface area contributed by atoms with Crippen molar-refractivity contribution in [3.63, 3.8) is 0 Å². The molecule has 4 rings (SSSR count). The van der Waals surface area contributed by atoms with Gasteiger partial charge in [-0.25, -0.2) is 13.2 Å². The number of nitrogens with zero attached hydrogens (tertiary/aromatic N) is 1. The molecule has 0 atom stereocenters. The van der Waals surface area contributed by atoms with E-state index in [-0.39, 0.29) is 5.82 Å². The monoisotopic (exact) mass is 505 g/mol. The summed E-state index contributed by atoms with van der Waals surface area (Å²) >= 11 is 0. The van der Waals surface area contributed by atoms with Crippen LogP contribution in [0.15, 0.2) is 66.9 Å². The zero-order valence-electron chi connectivity index (χ0n) is 21.4. The van der Waals surface area contributed by atoms with Crippen LogP contribution in [0.3, 0.4) is 0 Å². The lowest BCUT2D eigenvalue weighted by Gasteiger charge is -2.10. The Labute approximate surface area is 217 Å². The van der Waals surface area contributed by atoms with E-state index in [2.05, 4.69) is 11.9 Å². The fourth-order valence-corrected chi connectivity index (χ4v) is 4.52. The largest absolute Gasteiger partial charge is 0.492 e. The van der Waals surface area contributed by atoms with Gasteiger partial charge in [0.1, 0.15) is 11.6 Å². The number of halogens is 3. The lowest BCUT2D eigenvalue weighted by Crippen LogP contribution is -2.00. The first-order valence-corrected chi connectivity index (χ1v) is 13.2. The zero-order chi connectivity index (χ0) is 26.0. The Balaban J connectivity index is 1.30. The van der Waals surface area contributed by atoms with Crippen molar-refractivity contribution in [2.75, 3.05) is 6.61 Å². The molecule has 4 aromatic rings. The van der Waals surface area contributed by atoms with E-state index in [4.69, 9.17) is 4.74 Å². The Morgan fingerprint density at radius 2 is 1.49 bits per heavy atom. The van der Waals surface area contributed by atoms with Crippen molar-refractivity contribution in [2.24, 2.45) is 0 Å². The highest BCUT2D eigenvalue weighted by atomic mass is 19.2. The van der Waals surface area contributed by atoms with Crippen LogP contribution in [-0.4, -0.2) is 11.6 Å². The number of aryl methyl sites for hydroxylation is 4. The van der Waals surface area contributed by atoms with E-state index in [1.165, 1.54) is 37.8 Å². The van der Waals surface area contributed by atoms with Crippen molar-refractivity contribution in [3.05, 3.63) is 107 Å². The summed E-state index contributed by atoms with van der Waals surface area (Å²) in [7, 11) is 0. The summed E-state index contributed by atoms with van der Waals surface area (Å²) < 4.78 is 47.5. The summed E-state index contributed by atoms with van der Waals surface area (Å²) in [5, 5.41) is 1.42. The highest BCUT2D eigenvalue weighted by Gasteiger charge is 2.10. The van der Waals surface area contributed by atoms with Crippen LogP contribution < -0.4 is 4.74 Å². The van der Waals surface area contributed by atoms with Gasteiger partial charge in [0, 0.05) is 11.1 Å². The molecule has 0 N–H and O–H groups in total. The molecule has 1 heterocycles. The third-order valence-corrected chi connectivity index (χ3v) is 6.75. The number of ether oxygens (including phenoxy) is 1. The van der Waals surface area contributed by atoms with Gasteiger partial charge in [-0.2, -0.15) is 0 Å². The molecule has 0 aliphatic heterocycles. The quantitative estimate of drug-likeness (QED) is 0.170. The average Bonchev–Trinajstić information content (AvgIpc) is 2.91. The van der Waals surface area contributed by atoms with Crippen molar-refractivity contribution in [1.82, 2.24) is 4.98 Å². The Hall–Kier alpha value is -3.34. The lowest BCUT2D eigenvalue weighted by atomic mass is 9.98. The minimum Gasteiger partial charge on any atom is -0.492 e. The molecule has 0 saturated carbocycles. The van der Waals surface area contributed by atoms with Crippen LogP contribution in [0, 0.1) is 17.5 Å². The van der Waals surface area contributed by atoms with E-state index in [0.29, 0.717) is 29.4 Å². The van der Waals surface area contributed by atoms with Gasteiger partial charge in [0.15, 0.2) is 11.6 Å². The van der Waals surface area contributed by atoms with Gasteiger partial charge in [0.25, 0.3) is 0 Å². The van der Waals surface area contributed by atoms with E-state index in [0.717, 1.165) is 54.3 Å². The molecule has 0 aliphatic carbocycles. The van der Waals surface area contributed by atoms with Gasteiger partial charge < -0.3 is 4.74 Å². The molecule has 0 bridgehead atoms. The standard InChI is InChI=1S/C32H34F3NO/c1-2-3-4-5-6-19-37-28-16-15-27(36-22-28)14-8-23-9-17-29-26(20-23)13-12-25(32(29)35)11-7-24-10-18-30(33)31(34)21-24/h9-10,12-13,15-18,20-22H,2-8,11,14,19H2,1H3. The summed E-state index contributed by atoms with van der Waals surface area (Å²) in [5.74, 6) is -1.20. The van der Waals surface area contributed by atoms with E-state index in [9.17, 15) is 8.78 Å². The second-order valence-corrected chi connectivity index (χ2v) is 9.59. The van der Waals surface area contributed by atoms with Crippen molar-refractivity contribution in [1.29, 1.82) is 0 Å². The molecular weight excluding hydrogens is 471 g/mol. The first-order valence-electron chi connectivity index (χ1n) is 13.2. The van der Waals surface area contributed by atoms with Crippen molar-refractivity contribution in [3.8, 4) is 5.75 Å². The lowest BCUT2D eigenvalue weighted by molar-refractivity contribution is 0.303. The molecule has 1 aromatic heterocycles. The molecule has 0 spiro atoms. The van der Waals surface area contributed by atoms with Crippen LogP contribution in [0.4, 0.5) is 13.2 Å². The van der Waals surface area contributed by atoms with E-state index >= 15 is 4.39 Å². The van der Waals surface area contributed by atoms with Gasteiger partial charge in [0.05, 0.1) is 12.8 Å². The van der Waals surface area contributed by atoms with E-state index in [1.807, 2.05) is 36.4 Å². The molecule has 37 heavy (non-hydrogen) atoms. The maximum atomic E-state index is 15.1. The average molecular weight is 506 g/mol. The highest BCUT2D eigenvalue weighted by molar-refractivity contribution is 5.84. The van der Waals surface area contributed by atoms with Crippen molar-refractivity contribution in [2.45, 2.75) is 64.7 Å². The van der Waals surface area contributed by atoms with Gasteiger partial charge in [-0.1, -0.05) is 69.0 Å². The van der Waals surface area contributed by atoms with E-state index in [1.54, 1.807) is 12.3 Å². The summed E-state index contributed by atoms with van der Waals surface area (Å²) in [4.78, 5) is 4.54. The third-order valence-electron chi connectivity index (χ3n) is 6.75. The molecule has 5 heteroatoms. The zero-order valence-corrected chi connectivity index (χ0v) is 21.4. The molecule has 0 saturated heterocycles. The Bertz CT molecular complexity index is 1300. The van der Waals surface area contributed by atoms with Crippen LogP contribution in [0.2, 0.25) is 0 Å². The van der Waals surface area contributed by atoms with Gasteiger partial charge >= 0.3 is 0 Å². The molecular formula is C32H34F3NO. The topological polar surface area (TPSA) is 22.1 Å². The summed E-state index contributed by atoms with van der Waals surface area (Å²) in [6, 6.07) is 17.3. The molecule has 194 valence electrons. The highest BCUT2D eigenvalue weighted by Crippen LogP contribution is 2.24. The number of fused-ring (bicyclic) bond motifs is 1. The maximum Gasteiger partial charge on any atom is 0.159 e. The van der Waals surface area contributed by atoms with Gasteiger partial charge in [0.2, 0.25) is 0 Å². The molecule has 0 radical (unpaired) electrons. The molecule has 3 aromatic carbocycles. The van der Waals surface area contributed by atoms with Gasteiger partial charge in [-0.3, -0.25) is 4.98 Å². The molecule has 2 nitrogen and oxygen atoms in total. The van der Waals surface area contributed by atoms with E-state index < -0.39 is 11.6 Å². The molecule has 0 unspecified atom stereocenters. The predicted molar refractivity (Wildman–Crippen MR) is 144 cm³/mol. The number of pyridine rings is 1. The first kappa shape index (κ1) is 26.7. The second kappa shape index (κ2) is 13.3. The number of benzene rings is 3. The third kappa shape index (κ3) is 7.58. The minimum absolute atomic E-state index is 0.255. The molecule has 0 fully saturated rings. The van der Waals surface area contributed by atoms with Crippen LogP contribution in [0.5, 0.6) is 5.75 Å². The maximum absolute atomic E-state index is 15.1. The fourth-order valence-electron chi connectivity index (χ4n) is 4.52. The fraction of sp³-hybridized carbons (Fsp3) is 0.344. The summed E-state index contributed by atoms with van der Waals surface area (Å²) in [6.45, 7) is 2.94. The second-order valence-electron chi connectivity index (χ2n) is 9.59. The summed E-state index contributed by atoms with van der Waals surface area (Å²) in [6.07, 6.45) is 10.3. The minimum atomic E-state index is -0.878. The van der Waals surface area contributed by atoms with Gasteiger partial charge in [-0.15, -0.1) is 0 Å². The van der Waals surface area contributed by atoms with Crippen LogP contribution in [-0.2, 0) is 25.7 Å². The Morgan fingerprint density at radius 1 is 0.703 bits per heavy atom. The number of aromatic nitrogens is 1. The Morgan fingerprint density at radius 3 is 2.27 bits per heavy atom. The predicted octanol–water partition coefficient (Wildman–Crippen LogP) is 8.57. The number of rotatable bonds is 13. The smallest absolute Gasteiger partial charge is 0.159 e. The number of hydrogen-bond acceptors (Lipinski definition) is 2. The number of hydrogen-bond donors (Lipinski definition) is 0. The number of unbranched alkanes of at least 4 members (excludes halogenated alkanes) is 4.